The molecule has 0 bridgehead atoms. The zero-order valence-corrected chi connectivity index (χ0v) is 12.8. The van der Waals surface area contributed by atoms with Crippen molar-refractivity contribution in [3.05, 3.63) is 28.2 Å². The molecule has 1 atom stereocenters. The zero-order chi connectivity index (χ0) is 14.6. The van der Waals surface area contributed by atoms with Crippen LogP contribution in [0.3, 0.4) is 0 Å². The molecular weight excluding hydrogens is 321 g/mol. The maximum Gasteiger partial charge on any atom is 0.420 e. The van der Waals surface area contributed by atoms with Gasteiger partial charge in [-0.05, 0) is 36.5 Å². The van der Waals surface area contributed by atoms with Crippen molar-refractivity contribution < 1.29 is 17.9 Å². The average Bonchev–Trinajstić information content (AvgIpc) is 2.25. The lowest BCUT2D eigenvalue weighted by molar-refractivity contribution is -0.139. The molecule has 0 heterocycles. The maximum absolute atomic E-state index is 12.9. The molecule has 0 spiro atoms. The SMILES string of the molecule is CC(C)C[C@H](C)COc1ccc(Br)cc1C(F)(F)F. The first-order chi connectivity index (χ1) is 8.70. The molecule has 0 radical (unpaired) electrons. The normalized spacial score (nSPS) is 13.7. The monoisotopic (exact) mass is 338 g/mol. The van der Waals surface area contributed by atoms with Crippen LogP contribution in [-0.4, -0.2) is 6.61 Å². The Hall–Kier alpha value is -0.710. The number of hydrogen-bond acceptors (Lipinski definition) is 1. The lowest BCUT2D eigenvalue weighted by Gasteiger charge is -2.18. The molecule has 0 saturated heterocycles. The second-order valence-electron chi connectivity index (χ2n) is 5.18. The lowest BCUT2D eigenvalue weighted by atomic mass is 10.00. The molecular formula is C14H18BrF3O. The van der Waals surface area contributed by atoms with Crippen LogP contribution >= 0.6 is 15.9 Å². The first kappa shape index (κ1) is 16.3. The Morgan fingerprint density at radius 1 is 1.21 bits per heavy atom. The molecule has 0 fully saturated rings. The van der Waals surface area contributed by atoms with Crippen LogP contribution in [0.25, 0.3) is 0 Å². The summed E-state index contributed by atoms with van der Waals surface area (Å²) >= 11 is 3.05. The van der Waals surface area contributed by atoms with Gasteiger partial charge in [0, 0.05) is 4.47 Å². The van der Waals surface area contributed by atoms with Crippen LogP contribution in [0, 0.1) is 11.8 Å². The average molecular weight is 339 g/mol. The van der Waals surface area contributed by atoms with Gasteiger partial charge in [0.2, 0.25) is 0 Å². The third-order valence-electron chi connectivity index (χ3n) is 2.64. The lowest BCUT2D eigenvalue weighted by Crippen LogP contribution is -2.14. The van der Waals surface area contributed by atoms with Crippen LogP contribution in [0.4, 0.5) is 13.2 Å². The first-order valence-electron chi connectivity index (χ1n) is 6.19. The number of alkyl halides is 3. The van der Waals surface area contributed by atoms with Gasteiger partial charge in [0.25, 0.3) is 0 Å². The molecule has 1 aromatic rings. The fourth-order valence-corrected chi connectivity index (χ4v) is 2.32. The van der Waals surface area contributed by atoms with E-state index < -0.39 is 11.7 Å². The fourth-order valence-electron chi connectivity index (χ4n) is 1.95. The van der Waals surface area contributed by atoms with Crippen LogP contribution in [0.5, 0.6) is 5.75 Å². The van der Waals surface area contributed by atoms with Crippen LogP contribution in [-0.2, 0) is 6.18 Å². The summed E-state index contributed by atoms with van der Waals surface area (Å²) in [5.41, 5.74) is -0.737. The molecule has 0 aromatic heterocycles. The van der Waals surface area contributed by atoms with Crippen molar-refractivity contribution >= 4 is 15.9 Å². The summed E-state index contributed by atoms with van der Waals surface area (Å²) in [6, 6.07) is 3.95. The van der Waals surface area contributed by atoms with Gasteiger partial charge in [-0.15, -0.1) is 0 Å². The van der Waals surface area contributed by atoms with Crippen molar-refractivity contribution in [3.8, 4) is 5.75 Å². The van der Waals surface area contributed by atoms with E-state index in [4.69, 9.17) is 4.74 Å². The second-order valence-corrected chi connectivity index (χ2v) is 6.10. The van der Waals surface area contributed by atoms with E-state index in [0.717, 1.165) is 12.5 Å². The largest absolute Gasteiger partial charge is 0.493 e. The fraction of sp³-hybridized carbons (Fsp3) is 0.571. The number of ether oxygens (including phenoxy) is 1. The highest BCUT2D eigenvalue weighted by Crippen LogP contribution is 2.38. The predicted molar refractivity (Wildman–Crippen MR) is 73.3 cm³/mol. The van der Waals surface area contributed by atoms with E-state index in [0.29, 0.717) is 17.0 Å². The summed E-state index contributed by atoms with van der Waals surface area (Å²) in [5.74, 6) is 0.627. The molecule has 0 unspecified atom stereocenters. The number of rotatable bonds is 5. The minimum atomic E-state index is -4.40. The van der Waals surface area contributed by atoms with E-state index in [2.05, 4.69) is 29.8 Å². The van der Waals surface area contributed by atoms with Gasteiger partial charge in [0.1, 0.15) is 5.75 Å². The van der Waals surface area contributed by atoms with Gasteiger partial charge in [-0.2, -0.15) is 13.2 Å². The molecule has 0 amide bonds. The van der Waals surface area contributed by atoms with Gasteiger partial charge in [0.15, 0.2) is 0 Å². The van der Waals surface area contributed by atoms with Gasteiger partial charge < -0.3 is 4.74 Å². The highest BCUT2D eigenvalue weighted by Gasteiger charge is 2.34. The minimum absolute atomic E-state index is 0.105. The van der Waals surface area contributed by atoms with Crippen LogP contribution < -0.4 is 4.74 Å². The minimum Gasteiger partial charge on any atom is -0.493 e. The van der Waals surface area contributed by atoms with Crippen molar-refractivity contribution in [2.75, 3.05) is 6.61 Å². The van der Waals surface area contributed by atoms with Gasteiger partial charge in [0.05, 0.1) is 12.2 Å². The van der Waals surface area contributed by atoms with Crippen molar-refractivity contribution in [2.24, 2.45) is 11.8 Å². The summed E-state index contributed by atoms with van der Waals surface area (Å²) in [6.07, 6.45) is -3.47. The van der Waals surface area contributed by atoms with Crippen molar-refractivity contribution in [3.63, 3.8) is 0 Å². The highest BCUT2D eigenvalue weighted by atomic mass is 79.9. The molecule has 0 saturated carbocycles. The Morgan fingerprint density at radius 3 is 2.37 bits per heavy atom. The quantitative estimate of drug-likeness (QED) is 0.685. The molecule has 19 heavy (non-hydrogen) atoms. The molecule has 0 N–H and O–H groups in total. The van der Waals surface area contributed by atoms with E-state index in [1.54, 1.807) is 6.07 Å². The number of hydrogen-bond donors (Lipinski definition) is 0. The van der Waals surface area contributed by atoms with Crippen molar-refractivity contribution in [2.45, 2.75) is 33.4 Å². The topological polar surface area (TPSA) is 9.23 Å². The third kappa shape index (κ3) is 5.43. The molecule has 108 valence electrons. The van der Waals surface area contributed by atoms with Crippen LogP contribution in [0.1, 0.15) is 32.8 Å². The summed E-state index contributed by atoms with van der Waals surface area (Å²) < 4.78 is 44.3. The summed E-state index contributed by atoms with van der Waals surface area (Å²) in [5, 5.41) is 0. The molecule has 5 heteroatoms. The van der Waals surface area contributed by atoms with Gasteiger partial charge in [-0.25, -0.2) is 0 Å². The molecule has 0 aliphatic rings. The van der Waals surface area contributed by atoms with Crippen LogP contribution in [0.15, 0.2) is 22.7 Å². The Balaban J connectivity index is 2.78. The second kappa shape index (κ2) is 6.64. The van der Waals surface area contributed by atoms with E-state index in [1.165, 1.54) is 6.07 Å². The number of halogens is 4. The Morgan fingerprint density at radius 2 is 1.84 bits per heavy atom. The van der Waals surface area contributed by atoms with Gasteiger partial charge >= 0.3 is 6.18 Å². The third-order valence-corrected chi connectivity index (χ3v) is 3.14. The van der Waals surface area contributed by atoms with E-state index in [1.807, 2.05) is 6.92 Å². The Kier molecular flexibility index (Phi) is 5.71. The van der Waals surface area contributed by atoms with Gasteiger partial charge in [-0.3, -0.25) is 0 Å². The molecule has 1 rings (SSSR count). The summed E-state index contributed by atoms with van der Waals surface area (Å²) in [7, 11) is 0. The van der Waals surface area contributed by atoms with Crippen molar-refractivity contribution in [1.29, 1.82) is 0 Å². The van der Waals surface area contributed by atoms with E-state index in [9.17, 15) is 13.2 Å². The van der Waals surface area contributed by atoms with Crippen LogP contribution in [0.2, 0.25) is 0 Å². The first-order valence-corrected chi connectivity index (χ1v) is 6.99. The van der Waals surface area contributed by atoms with E-state index in [-0.39, 0.29) is 11.7 Å². The smallest absolute Gasteiger partial charge is 0.420 e. The summed E-state index contributed by atoms with van der Waals surface area (Å²) in [6.45, 7) is 6.43. The Bertz CT molecular complexity index is 416. The Labute approximate surface area is 120 Å². The molecule has 1 aromatic carbocycles. The summed E-state index contributed by atoms with van der Waals surface area (Å²) in [4.78, 5) is 0. The van der Waals surface area contributed by atoms with E-state index >= 15 is 0 Å². The molecule has 1 nitrogen and oxygen atoms in total. The highest BCUT2D eigenvalue weighted by molar-refractivity contribution is 9.10. The number of benzene rings is 1. The van der Waals surface area contributed by atoms with Crippen molar-refractivity contribution in [1.82, 2.24) is 0 Å². The zero-order valence-electron chi connectivity index (χ0n) is 11.2. The molecule has 0 aliphatic heterocycles. The standard InChI is InChI=1S/C14H18BrF3O/c1-9(2)6-10(3)8-19-13-5-4-11(15)7-12(13)14(16,17)18/h4-5,7,9-10H,6,8H2,1-3H3/t10-/m0/s1. The maximum atomic E-state index is 12.9. The van der Waals surface area contributed by atoms with Gasteiger partial charge in [-0.1, -0.05) is 36.7 Å². The predicted octanol–water partition coefficient (Wildman–Crippen LogP) is 5.53. The molecule has 0 aliphatic carbocycles.